The van der Waals surface area contributed by atoms with Crippen LogP contribution in [0.1, 0.15) is 51.4 Å². The molecule has 0 N–H and O–H groups in total. The van der Waals surface area contributed by atoms with Gasteiger partial charge in [-0.3, -0.25) is 0 Å². The zero-order valence-corrected chi connectivity index (χ0v) is 10.6. The minimum absolute atomic E-state index is 0.672. The van der Waals surface area contributed by atoms with Crippen LogP contribution in [0.4, 0.5) is 0 Å². The number of piperidine rings is 1. The summed E-state index contributed by atoms with van der Waals surface area (Å²) in [5, 5.41) is 0. The Hall–Kier alpha value is -0.0400. The highest BCUT2D eigenvalue weighted by molar-refractivity contribution is 5.12. The third-order valence-electron chi connectivity index (χ3n) is 6.58. The van der Waals surface area contributed by atoms with Gasteiger partial charge in [0.2, 0.25) is 0 Å². The van der Waals surface area contributed by atoms with Gasteiger partial charge in [0.1, 0.15) is 0 Å². The maximum Gasteiger partial charge on any atom is 0.0263 e. The summed E-state index contributed by atoms with van der Waals surface area (Å²) in [4.78, 5) is 2.80. The molecular formula is C15H25N. The number of likely N-dealkylation sites (tertiary alicyclic amines) is 1. The van der Waals surface area contributed by atoms with Gasteiger partial charge in [0.05, 0.1) is 0 Å². The first-order valence-electron chi connectivity index (χ1n) is 7.50. The Labute approximate surface area is 99.6 Å². The molecule has 1 heterocycles. The Bertz CT molecular complexity index is 268. The van der Waals surface area contributed by atoms with E-state index < -0.39 is 0 Å². The van der Waals surface area contributed by atoms with Crippen LogP contribution in [0, 0.1) is 23.7 Å². The molecule has 16 heavy (non-hydrogen) atoms. The molecule has 0 aromatic heterocycles. The highest BCUT2D eigenvalue weighted by Crippen LogP contribution is 2.62. The van der Waals surface area contributed by atoms with Crippen molar-refractivity contribution in [3.05, 3.63) is 0 Å². The van der Waals surface area contributed by atoms with Crippen molar-refractivity contribution in [1.29, 1.82) is 0 Å². The van der Waals surface area contributed by atoms with Crippen LogP contribution in [0.5, 0.6) is 0 Å². The van der Waals surface area contributed by atoms with Crippen LogP contribution in [-0.2, 0) is 0 Å². The Kier molecular flexibility index (Phi) is 2.02. The first-order valence-corrected chi connectivity index (χ1v) is 7.50. The first kappa shape index (κ1) is 9.94. The lowest BCUT2D eigenvalue weighted by molar-refractivity contribution is -0.143. The summed E-state index contributed by atoms with van der Waals surface area (Å²) >= 11 is 0. The van der Waals surface area contributed by atoms with Gasteiger partial charge in [-0.05, 0) is 82.2 Å². The quantitative estimate of drug-likeness (QED) is 0.604. The van der Waals surface area contributed by atoms with E-state index in [1.165, 1.54) is 25.8 Å². The lowest BCUT2D eigenvalue weighted by atomic mass is 9.47. The van der Waals surface area contributed by atoms with Crippen LogP contribution in [0.25, 0.3) is 0 Å². The monoisotopic (exact) mass is 219 g/mol. The predicted molar refractivity (Wildman–Crippen MR) is 66.3 cm³/mol. The molecule has 1 heteroatoms. The van der Waals surface area contributed by atoms with Gasteiger partial charge in [0.15, 0.2) is 0 Å². The fourth-order valence-corrected chi connectivity index (χ4v) is 6.19. The molecule has 0 aromatic rings. The van der Waals surface area contributed by atoms with Crippen molar-refractivity contribution < 1.29 is 0 Å². The Morgan fingerprint density at radius 2 is 1.50 bits per heavy atom. The van der Waals surface area contributed by atoms with Crippen molar-refractivity contribution >= 4 is 0 Å². The molecule has 1 aliphatic heterocycles. The second kappa shape index (κ2) is 3.25. The average molecular weight is 219 g/mol. The fourth-order valence-electron chi connectivity index (χ4n) is 6.19. The third-order valence-corrected chi connectivity index (χ3v) is 6.58. The molecule has 1 spiro atoms. The molecule has 0 aromatic carbocycles. The summed E-state index contributed by atoms with van der Waals surface area (Å²) in [6.45, 7) is 1.38. The molecule has 1 nitrogen and oxygen atoms in total. The maximum absolute atomic E-state index is 2.80. The second-order valence-corrected chi connectivity index (χ2v) is 7.17. The SMILES string of the molecule is CN1CCCCC12C1CC3CC(C1)CC2C3. The molecule has 0 unspecified atom stereocenters. The van der Waals surface area contributed by atoms with E-state index in [1.807, 2.05) is 0 Å². The third kappa shape index (κ3) is 1.11. The number of hydrogen-bond donors (Lipinski definition) is 0. The second-order valence-electron chi connectivity index (χ2n) is 7.17. The van der Waals surface area contributed by atoms with E-state index in [1.54, 1.807) is 32.1 Å². The van der Waals surface area contributed by atoms with Crippen molar-refractivity contribution in [2.45, 2.75) is 56.9 Å². The van der Waals surface area contributed by atoms with E-state index in [0.29, 0.717) is 5.54 Å². The molecule has 1 saturated heterocycles. The minimum Gasteiger partial charge on any atom is -0.300 e. The lowest BCUT2D eigenvalue weighted by Gasteiger charge is -2.65. The zero-order chi connectivity index (χ0) is 10.8. The molecule has 5 rings (SSSR count). The van der Waals surface area contributed by atoms with E-state index in [9.17, 15) is 0 Å². The van der Waals surface area contributed by atoms with E-state index in [-0.39, 0.29) is 0 Å². The minimum atomic E-state index is 0.672. The fraction of sp³-hybridized carbons (Fsp3) is 1.00. The molecule has 0 atom stereocenters. The number of rotatable bonds is 0. The van der Waals surface area contributed by atoms with E-state index in [0.717, 1.165) is 23.7 Å². The molecular weight excluding hydrogens is 194 g/mol. The smallest absolute Gasteiger partial charge is 0.0263 e. The molecule has 90 valence electrons. The van der Waals surface area contributed by atoms with Gasteiger partial charge in [0, 0.05) is 5.54 Å². The summed E-state index contributed by atoms with van der Waals surface area (Å²) in [6.07, 6.45) is 12.4. The summed E-state index contributed by atoms with van der Waals surface area (Å²) in [7, 11) is 2.43. The first-order chi connectivity index (χ1) is 7.79. The molecule has 4 aliphatic carbocycles. The van der Waals surface area contributed by atoms with Gasteiger partial charge in [-0.2, -0.15) is 0 Å². The average Bonchev–Trinajstić information content (AvgIpc) is 2.27. The van der Waals surface area contributed by atoms with Crippen LogP contribution in [0.15, 0.2) is 0 Å². The molecule has 5 fully saturated rings. The maximum atomic E-state index is 2.80. The van der Waals surface area contributed by atoms with Crippen LogP contribution >= 0.6 is 0 Å². The van der Waals surface area contributed by atoms with Crippen LogP contribution in [0.3, 0.4) is 0 Å². The highest BCUT2D eigenvalue weighted by Gasteiger charge is 2.58. The van der Waals surface area contributed by atoms with Crippen molar-refractivity contribution in [2.24, 2.45) is 23.7 Å². The van der Waals surface area contributed by atoms with Crippen LogP contribution in [-0.4, -0.2) is 24.0 Å². The van der Waals surface area contributed by atoms with Crippen molar-refractivity contribution in [2.75, 3.05) is 13.6 Å². The zero-order valence-electron chi connectivity index (χ0n) is 10.6. The Morgan fingerprint density at radius 3 is 2.06 bits per heavy atom. The predicted octanol–water partition coefficient (Wildman–Crippen LogP) is 3.30. The molecule has 4 saturated carbocycles. The van der Waals surface area contributed by atoms with E-state index in [2.05, 4.69) is 11.9 Å². The van der Waals surface area contributed by atoms with Crippen molar-refractivity contribution in [3.63, 3.8) is 0 Å². The number of nitrogens with zero attached hydrogens (tertiary/aromatic N) is 1. The summed E-state index contributed by atoms with van der Waals surface area (Å²) in [5.41, 5.74) is 0.672. The van der Waals surface area contributed by atoms with Gasteiger partial charge in [0.25, 0.3) is 0 Å². The van der Waals surface area contributed by atoms with Crippen molar-refractivity contribution in [1.82, 2.24) is 4.90 Å². The molecule has 4 bridgehead atoms. The standard InChI is InChI=1S/C15H25N/c1-16-5-3-2-4-15(16)13-7-11-6-12(9-13)10-14(15)8-11/h11-14H,2-10H2,1H3. The van der Waals surface area contributed by atoms with E-state index >= 15 is 0 Å². The molecule has 5 aliphatic rings. The molecule has 0 amide bonds. The lowest BCUT2D eigenvalue weighted by Crippen LogP contribution is -2.66. The normalized spacial score (nSPS) is 56.1. The van der Waals surface area contributed by atoms with Crippen LogP contribution < -0.4 is 0 Å². The van der Waals surface area contributed by atoms with Gasteiger partial charge in [-0.1, -0.05) is 6.42 Å². The Morgan fingerprint density at radius 1 is 0.875 bits per heavy atom. The summed E-state index contributed by atoms with van der Waals surface area (Å²) in [6, 6.07) is 0. The summed E-state index contributed by atoms with van der Waals surface area (Å²) < 4.78 is 0. The topological polar surface area (TPSA) is 3.24 Å². The van der Waals surface area contributed by atoms with Gasteiger partial charge < -0.3 is 4.90 Å². The van der Waals surface area contributed by atoms with Gasteiger partial charge >= 0.3 is 0 Å². The van der Waals surface area contributed by atoms with Gasteiger partial charge in [-0.25, -0.2) is 0 Å². The largest absolute Gasteiger partial charge is 0.300 e. The molecule has 0 radical (unpaired) electrons. The van der Waals surface area contributed by atoms with Crippen molar-refractivity contribution in [3.8, 4) is 0 Å². The van der Waals surface area contributed by atoms with E-state index in [4.69, 9.17) is 0 Å². The number of hydrogen-bond acceptors (Lipinski definition) is 1. The van der Waals surface area contributed by atoms with Crippen LogP contribution in [0.2, 0.25) is 0 Å². The summed E-state index contributed by atoms with van der Waals surface area (Å²) in [5.74, 6) is 4.41. The Balaban J connectivity index is 1.72. The highest BCUT2D eigenvalue weighted by atomic mass is 15.2. The van der Waals surface area contributed by atoms with Gasteiger partial charge in [-0.15, -0.1) is 0 Å².